The topological polar surface area (TPSA) is 123 Å². The van der Waals surface area contributed by atoms with Crippen molar-refractivity contribution < 1.29 is 19.0 Å². The highest BCUT2D eigenvalue weighted by atomic mass is 35.5. The molecule has 0 bridgehead atoms. The summed E-state index contributed by atoms with van der Waals surface area (Å²) in [5, 5.41) is 0. The third-order valence-electron chi connectivity index (χ3n) is 3.98. The molecule has 0 saturated carbocycles. The van der Waals surface area contributed by atoms with Crippen LogP contribution in [-0.2, 0) is 22.4 Å². The first-order valence-electron chi connectivity index (χ1n) is 9.46. The molecule has 0 aliphatic carbocycles. The lowest BCUT2D eigenvalue weighted by molar-refractivity contribution is -0.143. The zero-order chi connectivity index (χ0) is 20.4. The lowest BCUT2D eigenvalue weighted by atomic mass is 10.1. The van der Waals surface area contributed by atoms with E-state index in [4.69, 9.17) is 25.7 Å². The largest absolute Gasteiger partial charge is 0.493 e. The highest BCUT2D eigenvalue weighted by Gasteiger charge is 2.12. The van der Waals surface area contributed by atoms with Crippen molar-refractivity contribution in [1.82, 2.24) is 9.97 Å². The van der Waals surface area contributed by atoms with E-state index in [1.165, 1.54) is 0 Å². The fourth-order valence-corrected chi connectivity index (χ4v) is 2.67. The minimum Gasteiger partial charge on any atom is -0.493 e. The third-order valence-corrected chi connectivity index (χ3v) is 3.98. The van der Waals surface area contributed by atoms with Gasteiger partial charge in [0.15, 0.2) is 11.6 Å². The second-order valence-electron chi connectivity index (χ2n) is 6.06. The van der Waals surface area contributed by atoms with Gasteiger partial charge in [-0.25, -0.2) is 4.98 Å². The van der Waals surface area contributed by atoms with Crippen molar-refractivity contribution >= 4 is 30.1 Å². The summed E-state index contributed by atoms with van der Waals surface area (Å²) < 4.78 is 16.6. The van der Waals surface area contributed by atoms with Gasteiger partial charge in [-0.05, 0) is 31.4 Å². The molecule has 1 aromatic heterocycles. The van der Waals surface area contributed by atoms with E-state index in [-0.39, 0.29) is 30.1 Å². The molecule has 1 heterocycles. The van der Waals surface area contributed by atoms with Gasteiger partial charge in [0.25, 0.3) is 0 Å². The van der Waals surface area contributed by atoms with Crippen molar-refractivity contribution in [2.24, 2.45) is 0 Å². The molecule has 8 nitrogen and oxygen atoms in total. The number of carbonyl (C=O) groups is 1. The Labute approximate surface area is 177 Å². The summed E-state index contributed by atoms with van der Waals surface area (Å²) in [7, 11) is 0. The second kappa shape index (κ2) is 12.7. The fourth-order valence-electron chi connectivity index (χ4n) is 2.67. The maximum atomic E-state index is 11.6. The number of para-hydroxylation sites is 1. The van der Waals surface area contributed by atoms with Gasteiger partial charge in [0, 0.05) is 12.8 Å². The number of rotatable bonds is 11. The van der Waals surface area contributed by atoms with Gasteiger partial charge in [-0.2, -0.15) is 4.98 Å². The number of anilines is 2. The number of benzene rings is 1. The number of aromatic nitrogens is 2. The van der Waals surface area contributed by atoms with Crippen LogP contribution in [0.3, 0.4) is 0 Å². The van der Waals surface area contributed by atoms with Crippen LogP contribution in [0.1, 0.15) is 37.9 Å². The lowest BCUT2D eigenvalue weighted by Crippen LogP contribution is -2.11. The Morgan fingerprint density at radius 1 is 1.07 bits per heavy atom. The Morgan fingerprint density at radius 2 is 1.79 bits per heavy atom. The fraction of sp³-hybridized carbons (Fsp3) is 0.450. The van der Waals surface area contributed by atoms with Crippen LogP contribution in [0.15, 0.2) is 24.3 Å². The summed E-state index contributed by atoms with van der Waals surface area (Å²) in [4.78, 5) is 19.6. The lowest BCUT2D eigenvalue weighted by Gasteiger charge is -2.13. The number of carbonyl (C=O) groups excluding carboxylic acids is 1. The van der Waals surface area contributed by atoms with Gasteiger partial charge >= 0.3 is 5.97 Å². The Morgan fingerprint density at radius 3 is 2.52 bits per heavy atom. The van der Waals surface area contributed by atoms with Crippen molar-refractivity contribution in [2.45, 2.75) is 39.5 Å². The van der Waals surface area contributed by atoms with Crippen molar-refractivity contribution in [3.63, 3.8) is 0 Å². The summed E-state index contributed by atoms with van der Waals surface area (Å²) in [6.07, 6.45) is 2.20. The smallest absolute Gasteiger partial charge is 0.306 e. The molecule has 2 rings (SSSR count). The molecule has 2 aromatic rings. The van der Waals surface area contributed by atoms with Crippen LogP contribution >= 0.6 is 12.4 Å². The van der Waals surface area contributed by atoms with E-state index in [0.717, 1.165) is 11.3 Å². The quantitative estimate of drug-likeness (QED) is 0.417. The first kappa shape index (κ1) is 24.3. The standard InChI is InChI=1S/C20H28N4O4.ClH/c1-3-15-18(19(21)24-20(22)23-15)28-13-7-12-27-16-9-6-5-8-14(16)10-11-17(25)26-4-2;/h5-6,8-9H,3-4,7,10-13H2,1-2H3,(H4,21,22,23,24);1H. The van der Waals surface area contributed by atoms with E-state index in [2.05, 4.69) is 9.97 Å². The molecule has 4 N–H and O–H groups in total. The molecule has 29 heavy (non-hydrogen) atoms. The van der Waals surface area contributed by atoms with Crippen LogP contribution in [-0.4, -0.2) is 35.8 Å². The van der Waals surface area contributed by atoms with Gasteiger partial charge in [0.2, 0.25) is 5.95 Å². The van der Waals surface area contributed by atoms with E-state index >= 15 is 0 Å². The molecular formula is C20H29ClN4O4. The third kappa shape index (κ3) is 7.65. The molecule has 160 valence electrons. The SMILES string of the molecule is CCOC(=O)CCc1ccccc1OCCCOc1c(N)nc(N)nc1CC.Cl. The van der Waals surface area contributed by atoms with E-state index in [1.807, 2.05) is 31.2 Å². The van der Waals surface area contributed by atoms with Gasteiger partial charge in [-0.1, -0.05) is 25.1 Å². The number of hydrogen-bond donors (Lipinski definition) is 2. The second-order valence-corrected chi connectivity index (χ2v) is 6.06. The average molecular weight is 425 g/mol. The maximum Gasteiger partial charge on any atom is 0.306 e. The molecule has 0 saturated heterocycles. The summed E-state index contributed by atoms with van der Waals surface area (Å²) in [6.45, 7) is 5.01. The van der Waals surface area contributed by atoms with Gasteiger partial charge < -0.3 is 25.7 Å². The summed E-state index contributed by atoms with van der Waals surface area (Å²) in [6, 6.07) is 7.67. The van der Waals surface area contributed by atoms with Gasteiger partial charge in [-0.15, -0.1) is 12.4 Å². The van der Waals surface area contributed by atoms with Crippen molar-refractivity contribution in [3.8, 4) is 11.5 Å². The minimum absolute atomic E-state index is 0. The van der Waals surface area contributed by atoms with E-state index in [9.17, 15) is 4.79 Å². The molecule has 0 atom stereocenters. The number of nitrogen functional groups attached to an aromatic ring is 2. The van der Waals surface area contributed by atoms with Crippen LogP contribution in [0.25, 0.3) is 0 Å². The van der Waals surface area contributed by atoms with Crippen molar-refractivity contribution in [2.75, 3.05) is 31.3 Å². The summed E-state index contributed by atoms with van der Waals surface area (Å²) in [5.41, 5.74) is 13.2. The first-order valence-corrected chi connectivity index (χ1v) is 9.46. The molecular weight excluding hydrogens is 396 g/mol. The highest BCUT2D eigenvalue weighted by molar-refractivity contribution is 5.85. The maximum absolute atomic E-state index is 11.6. The molecule has 9 heteroatoms. The molecule has 0 aliphatic heterocycles. The molecule has 0 unspecified atom stereocenters. The van der Waals surface area contributed by atoms with Gasteiger partial charge in [-0.3, -0.25) is 4.79 Å². The zero-order valence-electron chi connectivity index (χ0n) is 16.8. The van der Waals surface area contributed by atoms with Crippen LogP contribution in [0, 0.1) is 0 Å². The number of esters is 1. The molecule has 0 radical (unpaired) electrons. The molecule has 1 aromatic carbocycles. The summed E-state index contributed by atoms with van der Waals surface area (Å²) in [5.74, 6) is 1.42. The number of hydrogen-bond acceptors (Lipinski definition) is 8. The van der Waals surface area contributed by atoms with E-state index in [1.54, 1.807) is 6.92 Å². The number of ether oxygens (including phenoxy) is 3. The van der Waals surface area contributed by atoms with Crippen LogP contribution in [0.5, 0.6) is 11.5 Å². The number of nitrogens with zero attached hydrogens (tertiary/aromatic N) is 2. The zero-order valence-corrected chi connectivity index (χ0v) is 17.7. The Balaban J connectivity index is 0.00000420. The monoisotopic (exact) mass is 424 g/mol. The molecule has 0 amide bonds. The Kier molecular flexibility index (Phi) is 10.6. The van der Waals surface area contributed by atoms with E-state index < -0.39 is 0 Å². The van der Waals surface area contributed by atoms with E-state index in [0.29, 0.717) is 56.9 Å². The van der Waals surface area contributed by atoms with Crippen molar-refractivity contribution in [1.29, 1.82) is 0 Å². The van der Waals surface area contributed by atoms with Crippen LogP contribution in [0.2, 0.25) is 0 Å². The average Bonchev–Trinajstić information content (AvgIpc) is 2.68. The Bertz CT molecular complexity index is 789. The summed E-state index contributed by atoms with van der Waals surface area (Å²) >= 11 is 0. The predicted molar refractivity (Wildman–Crippen MR) is 114 cm³/mol. The molecule has 0 fully saturated rings. The highest BCUT2D eigenvalue weighted by Crippen LogP contribution is 2.25. The first-order chi connectivity index (χ1) is 13.5. The predicted octanol–water partition coefficient (Wildman–Crippen LogP) is 2.97. The number of aryl methyl sites for hydroxylation is 2. The Hall–Kier alpha value is -2.74. The number of halogens is 1. The molecule has 0 spiro atoms. The van der Waals surface area contributed by atoms with Gasteiger partial charge in [0.05, 0.1) is 25.5 Å². The normalized spacial score (nSPS) is 10.1. The van der Waals surface area contributed by atoms with Crippen LogP contribution in [0.4, 0.5) is 11.8 Å². The number of nitrogens with two attached hydrogens (primary N) is 2. The van der Waals surface area contributed by atoms with Crippen molar-refractivity contribution in [3.05, 3.63) is 35.5 Å². The van der Waals surface area contributed by atoms with Crippen LogP contribution < -0.4 is 20.9 Å². The van der Waals surface area contributed by atoms with Gasteiger partial charge in [0.1, 0.15) is 5.75 Å². The molecule has 0 aliphatic rings. The minimum atomic E-state index is -0.208.